The van der Waals surface area contributed by atoms with E-state index in [1.807, 2.05) is 12.1 Å². The maximum atomic E-state index is 13.1. The first-order valence-corrected chi connectivity index (χ1v) is 10.1. The number of methoxy groups -OCH3 is 1. The number of thioether (sulfide) groups is 1. The second kappa shape index (κ2) is 9.65. The number of anilines is 1. The summed E-state index contributed by atoms with van der Waals surface area (Å²) in [6.45, 7) is 0. The van der Waals surface area contributed by atoms with Crippen molar-refractivity contribution < 1.29 is 24.1 Å². The molecule has 0 aliphatic carbocycles. The second-order valence-corrected chi connectivity index (χ2v) is 7.95. The molecule has 0 amide bonds. The van der Waals surface area contributed by atoms with Gasteiger partial charge in [-0.25, -0.2) is 9.18 Å². The molecule has 0 aliphatic heterocycles. The van der Waals surface area contributed by atoms with Crippen molar-refractivity contribution >= 4 is 23.4 Å². The fourth-order valence-electron chi connectivity index (χ4n) is 3.00. The molecular weight excluding hydrogens is 405 g/mol. The number of benzene rings is 3. The van der Waals surface area contributed by atoms with Crippen molar-refractivity contribution in [3.05, 3.63) is 89.2 Å². The molecule has 0 aromatic heterocycles. The maximum absolute atomic E-state index is 13.1. The Hall–Kier alpha value is -3.03. The summed E-state index contributed by atoms with van der Waals surface area (Å²) in [6.07, 6.45) is -1.05. The van der Waals surface area contributed by atoms with Crippen molar-refractivity contribution in [2.75, 3.05) is 12.8 Å². The molecule has 4 N–H and O–H groups in total. The van der Waals surface area contributed by atoms with Gasteiger partial charge in [-0.2, -0.15) is 0 Å². The van der Waals surface area contributed by atoms with Crippen LogP contribution in [0, 0.1) is 5.82 Å². The van der Waals surface area contributed by atoms with Gasteiger partial charge < -0.3 is 20.7 Å². The Morgan fingerprint density at radius 3 is 2.30 bits per heavy atom. The van der Waals surface area contributed by atoms with Crippen molar-refractivity contribution in [3.63, 3.8) is 0 Å². The first-order valence-electron chi connectivity index (χ1n) is 9.21. The number of carboxylic acid groups (broad SMARTS) is 1. The van der Waals surface area contributed by atoms with E-state index in [4.69, 9.17) is 10.5 Å². The van der Waals surface area contributed by atoms with Crippen LogP contribution in [0.1, 0.15) is 21.9 Å². The molecule has 156 valence electrons. The normalized spacial score (nSPS) is 12.9. The first-order chi connectivity index (χ1) is 14.4. The highest BCUT2D eigenvalue weighted by atomic mass is 32.2. The molecule has 0 saturated heterocycles. The quantitative estimate of drug-likeness (QED) is 0.367. The van der Waals surface area contributed by atoms with E-state index < -0.39 is 17.3 Å². The predicted molar refractivity (Wildman–Crippen MR) is 115 cm³/mol. The van der Waals surface area contributed by atoms with Crippen LogP contribution in [0.15, 0.2) is 71.6 Å². The number of carbonyl (C=O) groups is 1. The van der Waals surface area contributed by atoms with Crippen LogP contribution in [-0.4, -0.2) is 29.4 Å². The van der Waals surface area contributed by atoms with E-state index in [0.29, 0.717) is 28.3 Å². The summed E-state index contributed by atoms with van der Waals surface area (Å²) < 4.78 is 18.3. The molecule has 3 aromatic rings. The number of hydrogen-bond acceptors (Lipinski definition) is 5. The Balaban J connectivity index is 1.89. The van der Waals surface area contributed by atoms with Gasteiger partial charge in [0.2, 0.25) is 0 Å². The van der Waals surface area contributed by atoms with E-state index in [1.54, 1.807) is 49.6 Å². The number of rotatable bonds is 8. The third kappa shape index (κ3) is 5.31. The molecule has 0 radical (unpaired) electrons. The molecule has 0 fully saturated rings. The standard InChI is InChI=1S/C23H22FNO4S/c1-29-18-9-5-16(6-10-18)22(21(26)23(27)28)30-20-13-15(4-11-19(20)25)12-14-2-7-17(24)8-3-14/h2-11,13,21-22,26H,12,25H2,1H3,(H,27,28)/t21-,22+/m1/s1. The maximum Gasteiger partial charge on any atom is 0.334 e. The Labute approximate surface area is 178 Å². The SMILES string of the molecule is COc1ccc([C@H](Sc2cc(Cc3ccc(F)cc3)ccc2N)[C@@H](O)C(=O)O)cc1. The number of hydrogen-bond donors (Lipinski definition) is 3. The van der Waals surface area contributed by atoms with Gasteiger partial charge in [-0.15, -0.1) is 11.8 Å². The summed E-state index contributed by atoms with van der Waals surface area (Å²) in [4.78, 5) is 12.2. The number of carboxylic acids is 1. The van der Waals surface area contributed by atoms with Gasteiger partial charge in [0.15, 0.2) is 6.10 Å². The average molecular weight is 427 g/mol. The van der Waals surface area contributed by atoms with Crippen molar-refractivity contribution in [3.8, 4) is 5.75 Å². The Morgan fingerprint density at radius 1 is 1.07 bits per heavy atom. The van der Waals surface area contributed by atoms with E-state index in [1.165, 1.54) is 23.9 Å². The third-order valence-electron chi connectivity index (χ3n) is 4.64. The van der Waals surface area contributed by atoms with Crippen LogP contribution >= 0.6 is 11.8 Å². The molecule has 0 bridgehead atoms. The zero-order chi connectivity index (χ0) is 21.7. The average Bonchev–Trinajstić information content (AvgIpc) is 2.75. The molecule has 30 heavy (non-hydrogen) atoms. The lowest BCUT2D eigenvalue weighted by molar-refractivity contribution is -0.146. The summed E-state index contributed by atoms with van der Waals surface area (Å²) in [5.74, 6) is -0.977. The predicted octanol–water partition coefficient (Wildman–Crippen LogP) is 4.29. The highest BCUT2D eigenvalue weighted by Crippen LogP contribution is 2.41. The molecule has 0 aliphatic rings. The van der Waals surface area contributed by atoms with Crippen LogP contribution in [0.4, 0.5) is 10.1 Å². The molecule has 3 aromatic carbocycles. The Kier molecular flexibility index (Phi) is 6.97. The molecular formula is C23H22FNO4S. The second-order valence-electron chi connectivity index (χ2n) is 6.77. The summed E-state index contributed by atoms with van der Waals surface area (Å²) in [7, 11) is 1.54. The summed E-state index contributed by atoms with van der Waals surface area (Å²) >= 11 is 1.19. The number of halogens is 1. The van der Waals surface area contributed by atoms with Gasteiger partial charge in [0.25, 0.3) is 0 Å². The van der Waals surface area contributed by atoms with Crippen LogP contribution in [0.25, 0.3) is 0 Å². The number of ether oxygens (including phenoxy) is 1. The van der Waals surface area contributed by atoms with Crippen LogP contribution < -0.4 is 10.5 Å². The molecule has 5 nitrogen and oxygen atoms in total. The third-order valence-corrected chi connectivity index (χ3v) is 6.03. The van der Waals surface area contributed by atoms with Gasteiger partial charge in [0.05, 0.1) is 12.4 Å². The largest absolute Gasteiger partial charge is 0.497 e. The number of aliphatic carboxylic acids is 1. The Morgan fingerprint density at radius 2 is 1.70 bits per heavy atom. The highest BCUT2D eigenvalue weighted by molar-refractivity contribution is 7.99. The zero-order valence-corrected chi connectivity index (χ0v) is 17.1. The molecule has 0 spiro atoms. The number of aliphatic hydroxyl groups is 1. The number of aliphatic hydroxyl groups excluding tert-OH is 1. The minimum Gasteiger partial charge on any atom is -0.497 e. The summed E-state index contributed by atoms with van der Waals surface area (Å²) in [5.41, 5.74) is 9.14. The fourth-order valence-corrected chi connectivity index (χ4v) is 4.24. The fraction of sp³-hybridized carbons (Fsp3) is 0.174. The van der Waals surface area contributed by atoms with Gasteiger partial charge in [0, 0.05) is 10.6 Å². The van der Waals surface area contributed by atoms with Crippen molar-refractivity contribution in [2.24, 2.45) is 0 Å². The number of nitrogens with two attached hydrogens (primary N) is 1. The zero-order valence-electron chi connectivity index (χ0n) is 16.3. The minimum atomic E-state index is -1.62. The monoisotopic (exact) mass is 427 g/mol. The molecule has 3 rings (SSSR count). The van der Waals surface area contributed by atoms with Crippen LogP contribution in [0.5, 0.6) is 5.75 Å². The van der Waals surface area contributed by atoms with E-state index >= 15 is 0 Å². The lowest BCUT2D eigenvalue weighted by atomic mass is 10.0. The van der Waals surface area contributed by atoms with E-state index in [9.17, 15) is 19.4 Å². The highest BCUT2D eigenvalue weighted by Gasteiger charge is 2.29. The summed E-state index contributed by atoms with van der Waals surface area (Å²) in [5, 5.41) is 18.9. The lowest BCUT2D eigenvalue weighted by Crippen LogP contribution is -2.26. The van der Waals surface area contributed by atoms with Gasteiger partial charge in [-0.05, 0) is 59.5 Å². The van der Waals surface area contributed by atoms with Crippen molar-refractivity contribution in [1.82, 2.24) is 0 Å². The van der Waals surface area contributed by atoms with E-state index in [-0.39, 0.29) is 5.82 Å². The molecule has 2 atom stereocenters. The van der Waals surface area contributed by atoms with Gasteiger partial charge in [0.1, 0.15) is 11.6 Å². The van der Waals surface area contributed by atoms with Crippen LogP contribution in [0.3, 0.4) is 0 Å². The van der Waals surface area contributed by atoms with E-state index in [2.05, 4.69) is 0 Å². The minimum absolute atomic E-state index is 0.294. The van der Waals surface area contributed by atoms with Crippen molar-refractivity contribution in [1.29, 1.82) is 0 Å². The van der Waals surface area contributed by atoms with Gasteiger partial charge >= 0.3 is 5.97 Å². The van der Waals surface area contributed by atoms with Crippen LogP contribution in [0.2, 0.25) is 0 Å². The van der Waals surface area contributed by atoms with Crippen LogP contribution in [-0.2, 0) is 11.2 Å². The topological polar surface area (TPSA) is 92.8 Å². The summed E-state index contributed by atoms with van der Waals surface area (Å²) in [6, 6.07) is 18.6. The Bertz CT molecular complexity index is 1010. The van der Waals surface area contributed by atoms with E-state index in [0.717, 1.165) is 11.1 Å². The van der Waals surface area contributed by atoms with Gasteiger partial charge in [-0.1, -0.05) is 30.3 Å². The molecule has 0 heterocycles. The molecule has 7 heteroatoms. The smallest absolute Gasteiger partial charge is 0.334 e. The number of nitrogen functional groups attached to an aromatic ring is 1. The first kappa shape index (κ1) is 21.7. The molecule has 0 saturated carbocycles. The van der Waals surface area contributed by atoms with Gasteiger partial charge in [-0.3, -0.25) is 0 Å². The lowest BCUT2D eigenvalue weighted by Gasteiger charge is -2.21. The van der Waals surface area contributed by atoms with Crippen molar-refractivity contribution in [2.45, 2.75) is 22.7 Å². The molecule has 0 unspecified atom stereocenters.